The lowest BCUT2D eigenvalue weighted by Crippen LogP contribution is -2.09. The number of nitrogens with one attached hydrogen (secondary N) is 1. The first-order valence-electron chi connectivity index (χ1n) is 5.44. The van der Waals surface area contributed by atoms with E-state index in [0.717, 1.165) is 25.4 Å². The van der Waals surface area contributed by atoms with Crippen LogP contribution in [0.15, 0.2) is 18.3 Å². The van der Waals surface area contributed by atoms with Gasteiger partial charge in [-0.05, 0) is 32.4 Å². The minimum atomic E-state index is 0.285. The molecule has 86 valence electrons. The molecule has 0 aliphatic heterocycles. The largest absolute Gasteiger partial charge is 0.379 e. The van der Waals surface area contributed by atoms with E-state index in [0.29, 0.717) is 5.56 Å². The van der Waals surface area contributed by atoms with Gasteiger partial charge in [-0.15, -0.1) is 0 Å². The van der Waals surface area contributed by atoms with E-state index < -0.39 is 0 Å². The van der Waals surface area contributed by atoms with Crippen molar-refractivity contribution in [2.75, 3.05) is 18.5 Å². The minimum Gasteiger partial charge on any atom is -0.379 e. The van der Waals surface area contributed by atoms with Crippen molar-refractivity contribution < 1.29 is 4.74 Å². The smallest absolute Gasteiger partial charge is 0.125 e. The summed E-state index contributed by atoms with van der Waals surface area (Å²) in [5, 5.41) is 11.8. The van der Waals surface area contributed by atoms with Crippen molar-refractivity contribution in [3.8, 4) is 6.07 Å². The maximum atomic E-state index is 8.60. The van der Waals surface area contributed by atoms with Crippen LogP contribution in [0.2, 0.25) is 0 Å². The molecule has 0 aromatic carbocycles. The molecule has 0 saturated heterocycles. The van der Waals surface area contributed by atoms with Crippen LogP contribution in [0.1, 0.15) is 25.8 Å². The van der Waals surface area contributed by atoms with Gasteiger partial charge in [-0.3, -0.25) is 0 Å². The summed E-state index contributed by atoms with van der Waals surface area (Å²) in [6.45, 7) is 5.62. The predicted molar refractivity (Wildman–Crippen MR) is 63.1 cm³/mol. The van der Waals surface area contributed by atoms with E-state index in [4.69, 9.17) is 10.00 Å². The highest BCUT2D eigenvalue weighted by molar-refractivity contribution is 5.38. The highest BCUT2D eigenvalue weighted by Crippen LogP contribution is 2.03. The molecule has 4 nitrogen and oxygen atoms in total. The van der Waals surface area contributed by atoms with Gasteiger partial charge in [-0.25, -0.2) is 4.98 Å². The molecule has 0 atom stereocenters. The van der Waals surface area contributed by atoms with E-state index >= 15 is 0 Å². The first-order valence-corrected chi connectivity index (χ1v) is 5.44. The Kier molecular flexibility index (Phi) is 5.30. The molecule has 0 aliphatic rings. The molecule has 1 rings (SSSR count). The van der Waals surface area contributed by atoms with Crippen LogP contribution < -0.4 is 5.32 Å². The van der Waals surface area contributed by atoms with E-state index in [1.165, 1.54) is 0 Å². The normalized spacial score (nSPS) is 10.1. The van der Waals surface area contributed by atoms with E-state index in [2.05, 4.69) is 10.3 Å². The van der Waals surface area contributed by atoms with Gasteiger partial charge in [0.25, 0.3) is 0 Å². The number of hydrogen-bond donors (Lipinski definition) is 1. The summed E-state index contributed by atoms with van der Waals surface area (Å²) in [5.74, 6) is 0.795. The van der Waals surface area contributed by atoms with Gasteiger partial charge in [-0.2, -0.15) is 5.26 Å². The Bertz CT molecular complexity index is 340. The van der Waals surface area contributed by atoms with Crippen LogP contribution in [0, 0.1) is 11.3 Å². The van der Waals surface area contributed by atoms with Gasteiger partial charge in [0, 0.05) is 19.3 Å². The summed E-state index contributed by atoms with van der Waals surface area (Å²) < 4.78 is 5.41. The molecule has 0 aliphatic carbocycles. The van der Waals surface area contributed by atoms with E-state index in [9.17, 15) is 0 Å². The van der Waals surface area contributed by atoms with Crippen LogP contribution in [0.25, 0.3) is 0 Å². The van der Waals surface area contributed by atoms with E-state index in [1.807, 2.05) is 26.0 Å². The standard InChI is InChI=1S/C12H17N3O/c1-10(2)16-7-3-6-14-12-5-4-11(8-13)9-15-12/h4-5,9-10H,3,6-7H2,1-2H3,(H,14,15). The Hall–Kier alpha value is -1.60. The maximum Gasteiger partial charge on any atom is 0.125 e. The van der Waals surface area contributed by atoms with Gasteiger partial charge in [0.1, 0.15) is 11.9 Å². The molecular formula is C12H17N3O. The fraction of sp³-hybridized carbons (Fsp3) is 0.500. The Morgan fingerprint density at radius 1 is 1.50 bits per heavy atom. The molecule has 0 amide bonds. The lowest BCUT2D eigenvalue weighted by molar-refractivity contribution is 0.0787. The SMILES string of the molecule is CC(C)OCCCNc1ccc(C#N)cn1. The number of nitriles is 1. The first-order chi connectivity index (χ1) is 7.72. The van der Waals surface area contributed by atoms with Gasteiger partial charge in [0.15, 0.2) is 0 Å². The van der Waals surface area contributed by atoms with Crippen molar-refractivity contribution >= 4 is 5.82 Å². The fourth-order valence-corrected chi connectivity index (χ4v) is 1.17. The Labute approximate surface area is 96.3 Å². The Morgan fingerprint density at radius 3 is 2.88 bits per heavy atom. The summed E-state index contributed by atoms with van der Waals surface area (Å²) in [6, 6.07) is 5.59. The molecule has 1 aromatic rings. The predicted octanol–water partition coefficient (Wildman–Crippen LogP) is 2.18. The molecule has 0 spiro atoms. The third-order valence-electron chi connectivity index (χ3n) is 1.97. The van der Waals surface area contributed by atoms with Gasteiger partial charge in [-0.1, -0.05) is 0 Å². The van der Waals surface area contributed by atoms with E-state index in [1.54, 1.807) is 12.3 Å². The zero-order valence-corrected chi connectivity index (χ0v) is 9.73. The van der Waals surface area contributed by atoms with Crippen LogP contribution in [-0.2, 0) is 4.74 Å². The highest BCUT2D eigenvalue weighted by Gasteiger charge is 1.95. The molecule has 0 saturated carbocycles. The lowest BCUT2D eigenvalue weighted by Gasteiger charge is -2.08. The molecule has 0 unspecified atom stereocenters. The third-order valence-corrected chi connectivity index (χ3v) is 1.97. The number of hydrogen-bond acceptors (Lipinski definition) is 4. The number of aromatic nitrogens is 1. The first kappa shape index (κ1) is 12.5. The van der Waals surface area contributed by atoms with Crippen molar-refractivity contribution in [2.24, 2.45) is 0 Å². The molecular weight excluding hydrogens is 202 g/mol. The van der Waals surface area contributed by atoms with Gasteiger partial charge in [0.2, 0.25) is 0 Å². The third kappa shape index (κ3) is 4.76. The minimum absolute atomic E-state index is 0.285. The lowest BCUT2D eigenvalue weighted by atomic mass is 10.3. The van der Waals surface area contributed by atoms with Crippen molar-refractivity contribution in [3.63, 3.8) is 0 Å². The van der Waals surface area contributed by atoms with Crippen molar-refractivity contribution in [3.05, 3.63) is 23.9 Å². The Balaban J connectivity index is 2.20. The second-order valence-electron chi connectivity index (χ2n) is 3.74. The van der Waals surface area contributed by atoms with Crippen molar-refractivity contribution in [1.29, 1.82) is 5.26 Å². The van der Waals surface area contributed by atoms with Gasteiger partial charge < -0.3 is 10.1 Å². The van der Waals surface area contributed by atoms with Gasteiger partial charge >= 0.3 is 0 Å². The van der Waals surface area contributed by atoms with E-state index in [-0.39, 0.29) is 6.10 Å². The molecule has 1 aromatic heterocycles. The highest BCUT2D eigenvalue weighted by atomic mass is 16.5. The average Bonchev–Trinajstić information content (AvgIpc) is 2.29. The van der Waals surface area contributed by atoms with Crippen LogP contribution >= 0.6 is 0 Å². The molecule has 0 radical (unpaired) electrons. The Morgan fingerprint density at radius 2 is 2.31 bits per heavy atom. The number of rotatable bonds is 6. The number of nitrogens with zero attached hydrogens (tertiary/aromatic N) is 2. The molecule has 16 heavy (non-hydrogen) atoms. The summed E-state index contributed by atoms with van der Waals surface area (Å²) in [6.07, 6.45) is 2.79. The van der Waals surface area contributed by atoms with Crippen molar-refractivity contribution in [1.82, 2.24) is 4.98 Å². The number of anilines is 1. The molecule has 0 bridgehead atoms. The van der Waals surface area contributed by atoms with Crippen LogP contribution in [0.3, 0.4) is 0 Å². The van der Waals surface area contributed by atoms with Crippen LogP contribution in [0.5, 0.6) is 0 Å². The zero-order chi connectivity index (χ0) is 11.8. The zero-order valence-electron chi connectivity index (χ0n) is 9.73. The van der Waals surface area contributed by atoms with Crippen molar-refractivity contribution in [2.45, 2.75) is 26.4 Å². The molecule has 1 N–H and O–H groups in total. The average molecular weight is 219 g/mol. The molecule has 0 fully saturated rings. The van der Waals surface area contributed by atoms with Gasteiger partial charge in [0.05, 0.1) is 11.7 Å². The monoisotopic (exact) mass is 219 g/mol. The van der Waals surface area contributed by atoms with Crippen LogP contribution in [-0.4, -0.2) is 24.2 Å². The maximum absolute atomic E-state index is 8.60. The number of pyridine rings is 1. The fourth-order valence-electron chi connectivity index (χ4n) is 1.17. The second kappa shape index (κ2) is 6.81. The molecule has 1 heterocycles. The summed E-state index contributed by atoms with van der Waals surface area (Å²) in [4.78, 5) is 4.11. The molecule has 4 heteroatoms. The summed E-state index contributed by atoms with van der Waals surface area (Å²) >= 11 is 0. The number of ether oxygens (including phenoxy) is 1. The second-order valence-corrected chi connectivity index (χ2v) is 3.74. The summed E-state index contributed by atoms with van der Waals surface area (Å²) in [7, 11) is 0. The van der Waals surface area contributed by atoms with Crippen LogP contribution in [0.4, 0.5) is 5.82 Å². The quantitative estimate of drug-likeness (QED) is 0.745. The summed E-state index contributed by atoms with van der Waals surface area (Å²) in [5.41, 5.74) is 0.577. The topological polar surface area (TPSA) is 57.9 Å².